The van der Waals surface area contributed by atoms with E-state index in [9.17, 15) is 13.2 Å². The quantitative estimate of drug-likeness (QED) is 0.416. The minimum absolute atomic E-state index is 0. The first kappa shape index (κ1) is 23.8. The maximum absolute atomic E-state index is 13.3. The van der Waals surface area contributed by atoms with Gasteiger partial charge >= 0.3 is 0 Å². The van der Waals surface area contributed by atoms with E-state index in [-0.39, 0.29) is 18.8 Å². The Morgan fingerprint density at radius 3 is 2.53 bits per heavy atom. The van der Waals surface area contributed by atoms with Gasteiger partial charge in [0.1, 0.15) is 11.4 Å². The summed E-state index contributed by atoms with van der Waals surface area (Å²) in [6.07, 6.45) is 0. The maximum Gasteiger partial charge on any atom is 0.283 e. The van der Waals surface area contributed by atoms with Gasteiger partial charge in [-0.3, -0.25) is 9.48 Å². The fourth-order valence-corrected chi connectivity index (χ4v) is 5.15. The van der Waals surface area contributed by atoms with Gasteiger partial charge in [0.15, 0.2) is 6.79 Å². The summed E-state index contributed by atoms with van der Waals surface area (Å²) in [5, 5.41) is 4.70. The van der Waals surface area contributed by atoms with Crippen LogP contribution in [0.15, 0.2) is 77.7 Å². The summed E-state index contributed by atoms with van der Waals surface area (Å²) in [6, 6.07) is 21.0. The molecule has 0 spiro atoms. The highest BCUT2D eigenvalue weighted by atomic mass is 32.2. The second-order valence-corrected chi connectivity index (χ2v) is 10.3. The fraction of sp³-hybridized carbons (Fsp3) is 0.185. The van der Waals surface area contributed by atoms with Crippen LogP contribution in [0.2, 0.25) is 0 Å². The lowest BCUT2D eigenvalue weighted by Gasteiger charge is -2.17. The van der Waals surface area contributed by atoms with E-state index in [0.717, 1.165) is 27.8 Å². The zero-order valence-electron chi connectivity index (χ0n) is 19.9. The molecule has 0 fully saturated rings. The molecule has 0 aliphatic carbocycles. The zero-order valence-corrected chi connectivity index (χ0v) is 20.7. The summed E-state index contributed by atoms with van der Waals surface area (Å²) in [5.74, 6) is -0.0628. The Hall–Kier alpha value is -3.95. The molecule has 1 amide bonds. The van der Waals surface area contributed by atoms with Crippen LogP contribution in [0, 0.1) is 13.8 Å². The lowest BCUT2D eigenvalue weighted by molar-refractivity contribution is -0.0163. The van der Waals surface area contributed by atoms with Crippen molar-refractivity contribution in [3.8, 4) is 17.0 Å². The molecule has 36 heavy (non-hydrogen) atoms. The lowest BCUT2D eigenvalue weighted by Crippen LogP contribution is -2.32. The first-order valence-electron chi connectivity index (χ1n) is 11.4. The molecule has 5 rings (SSSR count). The second-order valence-electron chi connectivity index (χ2n) is 8.62. The van der Waals surface area contributed by atoms with Crippen LogP contribution in [0.5, 0.6) is 5.75 Å². The van der Waals surface area contributed by atoms with Gasteiger partial charge in [-0.1, -0.05) is 48.5 Å². The van der Waals surface area contributed by atoms with Crippen molar-refractivity contribution in [2.24, 2.45) is 0 Å². The molecular formula is C27H27N3O5S. The van der Waals surface area contributed by atoms with Crippen LogP contribution >= 0.6 is 0 Å². The van der Waals surface area contributed by atoms with Gasteiger partial charge in [0.05, 0.1) is 23.7 Å². The number of aromatic nitrogens is 2. The second kappa shape index (κ2) is 9.60. The highest BCUT2D eigenvalue weighted by Gasteiger charge is 2.24. The minimum Gasteiger partial charge on any atom is -0.467 e. The van der Waals surface area contributed by atoms with Crippen LogP contribution in [-0.2, 0) is 27.9 Å². The van der Waals surface area contributed by atoms with Crippen molar-refractivity contribution in [2.75, 3.05) is 6.79 Å². The SMILES string of the molecule is Cc1cccc(C)c1Cn1nc(-c2ccc3c(c2)OCOC3)cc1C(=O)NS(=O)(=O)c1ccccc1.[HH]. The van der Waals surface area contributed by atoms with E-state index in [1.807, 2.05) is 50.2 Å². The lowest BCUT2D eigenvalue weighted by atomic mass is 10.0. The topological polar surface area (TPSA) is 99.5 Å². The predicted molar refractivity (Wildman–Crippen MR) is 136 cm³/mol. The first-order chi connectivity index (χ1) is 17.3. The van der Waals surface area contributed by atoms with Crippen molar-refractivity contribution >= 4 is 15.9 Å². The molecule has 0 atom stereocenters. The summed E-state index contributed by atoms with van der Waals surface area (Å²) in [4.78, 5) is 13.3. The normalized spacial score (nSPS) is 13.1. The summed E-state index contributed by atoms with van der Waals surface area (Å²) in [5.41, 5.74) is 5.45. The molecule has 3 aromatic carbocycles. The van der Waals surface area contributed by atoms with Crippen LogP contribution in [-0.4, -0.2) is 30.9 Å². The number of hydrogen-bond acceptors (Lipinski definition) is 6. The van der Waals surface area contributed by atoms with Crippen molar-refractivity contribution in [3.05, 3.63) is 101 Å². The Morgan fingerprint density at radius 2 is 1.78 bits per heavy atom. The van der Waals surface area contributed by atoms with E-state index in [2.05, 4.69) is 4.72 Å². The smallest absolute Gasteiger partial charge is 0.283 e. The molecule has 0 saturated carbocycles. The van der Waals surface area contributed by atoms with Crippen molar-refractivity contribution in [1.29, 1.82) is 0 Å². The molecule has 9 heteroatoms. The third-order valence-corrected chi connectivity index (χ3v) is 7.51. The third-order valence-electron chi connectivity index (χ3n) is 6.16. The zero-order chi connectivity index (χ0) is 25.3. The van der Waals surface area contributed by atoms with E-state index in [1.165, 1.54) is 12.1 Å². The van der Waals surface area contributed by atoms with Gasteiger partial charge in [-0.2, -0.15) is 5.10 Å². The van der Waals surface area contributed by atoms with Crippen molar-refractivity contribution in [1.82, 2.24) is 14.5 Å². The molecule has 2 heterocycles. The number of amides is 1. The van der Waals surface area contributed by atoms with Gasteiger partial charge in [-0.15, -0.1) is 0 Å². The summed E-state index contributed by atoms with van der Waals surface area (Å²) < 4.78 is 40.3. The first-order valence-corrected chi connectivity index (χ1v) is 12.9. The number of rotatable bonds is 6. The molecule has 4 aromatic rings. The van der Waals surface area contributed by atoms with E-state index in [0.29, 0.717) is 24.6 Å². The Balaban J connectivity index is 0.00000320. The van der Waals surface area contributed by atoms with Crippen molar-refractivity contribution in [2.45, 2.75) is 31.9 Å². The number of nitrogens with one attached hydrogen (secondary N) is 1. The molecule has 1 aliphatic rings. The van der Waals surface area contributed by atoms with Gasteiger partial charge in [0.25, 0.3) is 15.9 Å². The number of aryl methyl sites for hydroxylation is 2. The fourth-order valence-electron chi connectivity index (χ4n) is 4.17. The Kier molecular flexibility index (Phi) is 6.34. The average Bonchev–Trinajstić information content (AvgIpc) is 3.30. The number of carbonyl (C=O) groups excluding carboxylic acids is 1. The number of carbonyl (C=O) groups is 1. The van der Waals surface area contributed by atoms with Gasteiger partial charge in [0.2, 0.25) is 0 Å². The van der Waals surface area contributed by atoms with Crippen LogP contribution < -0.4 is 9.46 Å². The van der Waals surface area contributed by atoms with Gasteiger partial charge in [0, 0.05) is 12.6 Å². The monoisotopic (exact) mass is 505 g/mol. The standard InChI is InChI=1S/C27H25N3O5S.H2/c1-18-7-6-8-19(2)23(18)15-30-25(27(31)29-36(32,33)22-9-4-3-5-10-22)14-24(28-30)20-11-12-21-16-34-17-35-26(21)13-20;/h3-14H,15-17H2,1-2H3,(H,29,31);1H. The summed E-state index contributed by atoms with van der Waals surface area (Å²) in [6.45, 7) is 4.93. The number of benzene rings is 3. The minimum atomic E-state index is -4.06. The summed E-state index contributed by atoms with van der Waals surface area (Å²) in [7, 11) is -4.06. The van der Waals surface area contributed by atoms with Crippen LogP contribution in [0.1, 0.15) is 34.2 Å². The molecule has 0 saturated heterocycles. The van der Waals surface area contributed by atoms with E-state index >= 15 is 0 Å². The van der Waals surface area contributed by atoms with E-state index < -0.39 is 15.9 Å². The molecule has 1 aliphatic heterocycles. The van der Waals surface area contributed by atoms with Gasteiger partial charge < -0.3 is 9.47 Å². The Bertz CT molecular complexity index is 1530. The number of hydrogen-bond donors (Lipinski definition) is 1. The molecule has 1 aromatic heterocycles. The van der Waals surface area contributed by atoms with E-state index in [1.54, 1.807) is 28.9 Å². The highest BCUT2D eigenvalue weighted by Crippen LogP contribution is 2.30. The van der Waals surface area contributed by atoms with Crippen LogP contribution in [0.3, 0.4) is 0 Å². The molecule has 0 bridgehead atoms. The number of nitrogens with zero attached hydrogens (tertiary/aromatic N) is 2. The molecule has 8 nitrogen and oxygen atoms in total. The molecule has 0 radical (unpaired) electrons. The Labute approximate surface area is 211 Å². The molecule has 186 valence electrons. The number of ether oxygens (including phenoxy) is 2. The van der Waals surface area contributed by atoms with Crippen molar-refractivity contribution in [3.63, 3.8) is 0 Å². The Morgan fingerprint density at radius 1 is 1.03 bits per heavy atom. The van der Waals surface area contributed by atoms with Crippen molar-refractivity contribution < 1.29 is 24.1 Å². The molecule has 0 unspecified atom stereocenters. The summed E-state index contributed by atoms with van der Waals surface area (Å²) >= 11 is 0. The largest absolute Gasteiger partial charge is 0.467 e. The van der Waals surface area contributed by atoms with Gasteiger partial charge in [-0.05, 0) is 54.8 Å². The van der Waals surface area contributed by atoms with Crippen LogP contribution in [0.4, 0.5) is 0 Å². The number of sulfonamides is 1. The predicted octanol–water partition coefficient (Wildman–Crippen LogP) is 4.45. The highest BCUT2D eigenvalue weighted by molar-refractivity contribution is 7.90. The maximum atomic E-state index is 13.3. The molecule has 1 N–H and O–H groups in total. The van der Waals surface area contributed by atoms with E-state index in [4.69, 9.17) is 14.6 Å². The number of fused-ring (bicyclic) bond motifs is 1. The van der Waals surface area contributed by atoms with Crippen LogP contribution in [0.25, 0.3) is 11.3 Å². The average molecular weight is 506 g/mol. The third kappa shape index (κ3) is 4.75. The molecular weight excluding hydrogens is 478 g/mol. The van der Waals surface area contributed by atoms with Gasteiger partial charge in [-0.25, -0.2) is 13.1 Å².